The maximum atomic E-state index is 12.1. The molecule has 0 fully saturated rings. The number of hydrogen-bond donors (Lipinski definition) is 2. The molecule has 6 heteroatoms. The Hall–Kier alpha value is -1.43. The molecule has 0 aliphatic heterocycles. The highest BCUT2D eigenvalue weighted by atomic mass is 19.4. The molecule has 0 aliphatic rings. The van der Waals surface area contributed by atoms with Crippen LogP contribution < -0.4 is 10.1 Å². The summed E-state index contributed by atoms with van der Waals surface area (Å²) in [7, 11) is 0. The maximum Gasteiger partial charge on any atom is 0.422 e. The van der Waals surface area contributed by atoms with Gasteiger partial charge in [-0.05, 0) is 38.3 Å². The fourth-order valence-corrected chi connectivity index (χ4v) is 1.76. The molecule has 0 radical (unpaired) electrons. The summed E-state index contributed by atoms with van der Waals surface area (Å²) in [6, 6.07) is 4.99. The van der Waals surface area contributed by atoms with Gasteiger partial charge in [0.25, 0.3) is 0 Å². The number of rotatable bonds is 8. The van der Waals surface area contributed by atoms with Crippen molar-refractivity contribution in [2.45, 2.75) is 32.4 Å². The van der Waals surface area contributed by atoms with E-state index in [-0.39, 0.29) is 12.4 Å². The summed E-state index contributed by atoms with van der Waals surface area (Å²) in [5.74, 6) is 0.239. The molecule has 3 nitrogen and oxygen atoms in total. The van der Waals surface area contributed by atoms with Crippen LogP contribution >= 0.6 is 0 Å². The summed E-state index contributed by atoms with van der Waals surface area (Å²) in [6.45, 7) is 1.33. The van der Waals surface area contributed by atoms with E-state index in [1.165, 1.54) is 6.07 Å². The van der Waals surface area contributed by atoms with E-state index < -0.39 is 12.8 Å². The van der Waals surface area contributed by atoms with Crippen molar-refractivity contribution in [2.75, 3.05) is 25.1 Å². The highest BCUT2D eigenvalue weighted by molar-refractivity contribution is 5.56. The highest BCUT2D eigenvalue weighted by Crippen LogP contribution is 2.27. The molecule has 0 saturated heterocycles. The average Bonchev–Trinajstić information content (AvgIpc) is 2.38. The lowest BCUT2D eigenvalue weighted by atomic mass is 10.1. The van der Waals surface area contributed by atoms with Gasteiger partial charge in [0.2, 0.25) is 0 Å². The highest BCUT2D eigenvalue weighted by Gasteiger charge is 2.28. The zero-order valence-corrected chi connectivity index (χ0v) is 11.5. The van der Waals surface area contributed by atoms with E-state index in [0.717, 1.165) is 24.9 Å². The van der Waals surface area contributed by atoms with Gasteiger partial charge >= 0.3 is 6.18 Å². The van der Waals surface area contributed by atoms with E-state index in [4.69, 9.17) is 9.84 Å². The number of ether oxygens (including phenoxy) is 1. The number of unbranched alkanes of at least 4 members (excludes halogenated alkanes) is 2. The first-order valence-corrected chi connectivity index (χ1v) is 6.58. The molecule has 1 aromatic rings. The molecule has 1 aromatic carbocycles. The van der Waals surface area contributed by atoms with E-state index in [2.05, 4.69) is 5.32 Å². The van der Waals surface area contributed by atoms with E-state index in [9.17, 15) is 13.2 Å². The topological polar surface area (TPSA) is 41.5 Å². The fourth-order valence-electron chi connectivity index (χ4n) is 1.76. The Morgan fingerprint density at radius 1 is 1.20 bits per heavy atom. The summed E-state index contributed by atoms with van der Waals surface area (Å²) in [4.78, 5) is 0. The quantitative estimate of drug-likeness (QED) is 0.720. The maximum absolute atomic E-state index is 12.1. The van der Waals surface area contributed by atoms with Gasteiger partial charge in [-0.3, -0.25) is 0 Å². The minimum atomic E-state index is -4.33. The van der Waals surface area contributed by atoms with E-state index in [0.29, 0.717) is 12.1 Å². The molecule has 20 heavy (non-hydrogen) atoms. The predicted molar refractivity (Wildman–Crippen MR) is 72.2 cm³/mol. The molecule has 0 atom stereocenters. The van der Waals surface area contributed by atoms with E-state index in [1.807, 2.05) is 6.07 Å². The molecular weight excluding hydrogens is 271 g/mol. The van der Waals surface area contributed by atoms with Crippen molar-refractivity contribution in [1.82, 2.24) is 0 Å². The Kier molecular flexibility index (Phi) is 6.64. The predicted octanol–water partition coefficient (Wildman–Crippen LogP) is 3.51. The summed E-state index contributed by atoms with van der Waals surface area (Å²) in [6.07, 6.45) is -1.77. The zero-order valence-electron chi connectivity index (χ0n) is 11.5. The molecule has 2 N–H and O–H groups in total. The number of anilines is 1. The van der Waals surface area contributed by atoms with Crippen molar-refractivity contribution in [3.63, 3.8) is 0 Å². The third-order valence-corrected chi connectivity index (χ3v) is 2.83. The SMILES string of the molecule is Cc1c(NCCCCCO)cccc1OCC(F)(F)F. The van der Waals surface area contributed by atoms with Crippen LogP contribution in [-0.4, -0.2) is 31.0 Å². The minimum absolute atomic E-state index is 0.180. The Labute approximate surface area is 116 Å². The Morgan fingerprint density at radius 3 is 2.60 bits per heavy atom. The molecular formula is C14H20F3NO2. The number of aliphatic hydroxyl groups excluding tert-OH is 1. The molecule has 114 valence electrons. The van der Waals surface area contributed by atoms with Gasteiger partial charge in [-0.2, -0.15) is 13.2 Å². The minimum Gasteiger partial charge on any atom is -0.484 e. The molecule has 0 aromatic heterocycles. The van der Waals surface area contributed by atoms with E-state index in [1.54, 1.807) is 13.0 Å². The molecule has 0 unspecified atom stereocenters. The monoisotopic (exact) mass is 291 g/mol. The van der Waals surface area contributed by atoms with Crippen LogP contribution in [0.1, 0.15) is 24.8 Å². The van der Waals surface area contributed by atoms with Gasteiger partial charge in [0.15, 0.2) is 6.61 Å². The van der Waals surface area contributed by atoms with Crippen LogP contribution in [0.4, 0.5) is 18.9 Å². The summed E-state index contributed by atoms with van der Waals surface area (Å²) < 4.78 is 41.2. The average molecular weight is 291 g/mol. The number of aliphatic hydroxyl groups is 1. The molecule has 0 aliphatic carbocycles. The molecule has 0 amide bonds. The third kappa shape index (κ3) is 6.14. The largest absolute Gasteiger partial charge is 0.484 e. The summed E-state index contributed by atoms with van der Waals surface area (Å²) >= 11 is 0. The number of benzene rings is 1. The van der Waals surface area contributed by atoms with Gasteiger partial charge in [-0.15, -0.1) is 0 Å². The van der Waals surface area contributed by atoms with E-state index >= 15 is 0 Å². The second kappa shape index (κ2) is 7.99. The van der Waals surface area contributed by atoms with Crippen molar-refractivity contribution < 1.29 is 23.0 Å². The molecule has 0 spiro atoms. The summed E-state index contributed by atoms with van der Waals surface area (Å²) in [5, 5.41) is 11.8. The van der Waals surface area contributed by atoms with Gasteiger partial charge in [0.05, 0.1) is 0 Å². The lowest BCUT2D eigenvalue weighted by Crippen LogP contribution is -2.19. The molecule has 0 bridgehead atoms. The first kappa shape index (κ1) is 16.6. The molecule has 0 heterocycles. The smallest absolute Gasteiger partial charge is 0.422 e. The van der Waals surface area contributed by atoms with Gasteiger partial charge in [0.1, 0.15) is 5.75 Å². The van der Waals surface area contributed by atoms with Crippen LogP contribution in [0.3, 0.4) is 0 Å². The van der Waals surface area contributed by atoms with Gasteiger partial charge in [-0.25, -0.2) is 0 Å². The van der Waals surface area contributed by atoms with Crippen LogP contribution in [0.15, 0.2) is 18.2 Å². The first-order valence-electron chi connectivity index (χ1n) is 6.58. The van der Waals surface area contributed by atoms with Crippen LogP contribution in [0.5, 0.6) is 5.75 Å². The van der Waals surface area contributed by atoms with Crippen LogP contribution in [0.2, 0.25) is 0 Å². The lowest BCUT2D eigenvalue weighted by Gasteiger charge is -2.15. The third-order valence-electron chi connectivity index (χ3n) is 2.83. The zero-order chi connectivity index (χ0) is 15.0. The van der Waals surface area contributed by atoms with Crippen molar-refractivity contribution in [3.05, 3.63) is 23.8 Å². The number of halogens is 3. The second-order valence-corrected chi connectivity index (χ2v) is 4.54. The van der Waals surface area contributed by atoms with Crippen LogP contribution in [-0.2, 0) is 0 Å². The first-order chi connectivity index (χ1) is 9.44. The van der Waals surface area contributed by atoms with Gasteiger partial charge in [-0.1, -0.05) is 6.07 Å². The normalized spacial score (nSPS) is 11.4. The van der Waals surface area contributed by atoms with Crippen LogP contribution in [0, 0.1) is 6.92 Å². The molecule has 0 saturated carbocycles. The number of alkyl halides is 3. The summed E-state index contributed by atoms with van der Waals surface area (Å²) in [5.41, 5.74) is 1.44. The second-order valence-electron chi connectivity index (χ2n) is 4.54. The lowest BCUT2D eigenvalue weighted by molar-refractivity contribution is -0.153. The number of nitrogens with one attached hydrogen (secondary N) is 1. The van der Waals surface area contributed by atoms with Crippen molar-refractivity contribution in [3.8, 4) is 5.75 Å². The van der Waals surface area contributed by atoms with Gasteiger partial charge < -0.3 is 15.2 Å². The van der Waals surface area contributed by atoms with Crippen LogP contribution in [0.25, 0.3) is 0 Å². The van der Waals surface area contributed by atoms with Crippen molar-refractivity contribution >= 4 is 5.69 Å². The number of hydrogen-bond acceptors (Lipinski definition) is 3. The van der Waals surface area contributed by atoms with Gasteiger partial charge in [0, 0.05) is 24.4 Å². The Morgan fingerprint density at radius 2 is 1.95 bits per heavy atom. The van der Waals surface area contributed by atoms with Crippen molar-refractivity contribution in [1.29, 1.82) is 0 Å². The Balaban J connectivity index is 2.52. The standard InChI is InChI=1S/C14H20F3NO2/c1-11-12(18-8-3-2-4-9-19)6-5-7-13(11)20-10-14(15,16)17/h5-7,18-19H,2-4,8-10H2,1H3. The fraction of sp³-hybridized carbons (Fsp3) is 0.571. The van der Waals surface area contributed by atoms with Crippen molar-refractivity contribution in [2.24, 2.45) is 0 Å². The Bertz CT molecular complexity index is 408. The molecule has 1 rings (SSSR count).